The number of pyridine rings is 1. The number of nitrogens with one attached hydrogen (secondary N) is 1. The summed E-state index contributed by atoms with van der Waals surface area (Å²) in [6.07, 6.45) is 7.00. The van der Waals surface area contributed by atoms with Crippen LogP contribution in [0.3, 0.4) is 0 Å². The summed E-state index contributed by atoms with van der Waals surface area (Å²) in [6, 6.07) is 4.04. The van der Waals surface area contributed by atoms with E-state index in [1.54, 1.807) is 0 Å². The second kappa shape index (κ2) is 4.35. The van der Waals surface area contributed by atoms with Crippen LogP contribution in [0.15, 0.2) is 12.1 Å². The van der Waals surface area contributed by atoms with E-state index in [0.717, 1.165) is 35.5 Å². The summed E-state index contributed by atoms with van der Waals surface area (Å²) in [5.74, 6) is 0.914. The quantitative estimate of drug-likeness (QED) is 0.758. The zero-order valence-corrected chi connectivity index (χ0v) is 10.9. The van der Waals surface area contributed by atoms with Gasteiger partial charge in [0.15, 0.2) is 5.65 Å². The number of aromatic nitrogens is 3. The highest BCUT2D eigenvalue weighted by Gasteiger charge is 2.31. The molecule has 18 heavy (non-hydrogen) atoms. The third-order valence-corrected chi connectivity index (χ3v) is 3.95. The lowest BCUT2D eigenvalue weighted by atomic mass is 9.91. The molecule has 4 nitrogen and oxygen atoms in total. The standard InChI is InChI=1S/C14H20N4/c1-10-6-7-11-12(16-10)18-13(17-11)14(15)8-4-2-3-5-9-14/h6-7H,2-5,8-9,15H2,1H3,(H,16,17,18). The number of imidazole rings is 1. The Morgan fingerprint density at radius 3 is 2.56 bits per heavy atom. The van der Waals surface area contributed by atoms with Gasteiger partial charge in [0.2, 0.25) is 0 Å². The Morgan fingerprint density at radius 2 is 1.83 bits per heavy atom. The number of rotatable bonds is 1. The number of aromatic amines is 1. The highest BCUT2D eigenvalue weighted by Crippen LogP contribution is 2.32. The van der Waals surface area contributed by atoms with Crippen LogP contribution in [-0.4, -0.2) is 15.0 Å². The van der Waals surface area contributed by atoms with Crippen LogP contribution in [0, 0.1) is 6.92 Å². The van der Waals surface area contributed by atoms with Crippen LogP contribution in [0.5, 0.6) is 0 Å². The van der Waals surface area contributed by atoms with Crippen LogP contribution in [0.4, 0.5) is 0 Å². The van der Waals surface area contributed by atoms with Gasteiger partial charge in [-0.3, -0.25) is 0 Å². The highest BCUT2D eigenvalue weighted by molar-refractivity contribution is 5.70. The van der Waals surface area contributed by atoms with E-state index >= 15 is 0 Å². The zero-order valence-electron chi connectivity index (χ0n) is 10.9. The predicted octanol–water partition coefficient (Wildman–Crippen LogP) is 2.77. The first kappa shape index (κ1) is 11.7. The number of hydrogen-bond acceptors (Lipinski definition) is 3. The van der Waals surface area contributed by atoms with Crippen molar-refractivity contribution in [1.29, 1.82) is 0 Å². The van der Waals surface area contributed by atoms with E-state index in [1.165, 1.54) is 25.7 Å². The molecule has 0 unspecified atom stereocenters. The number of nitrogens with zero attached hydrogens (tertiary/aromatic N) is 2. The first-order chi connectivity index (χ1) is 8.67. The van der Waals surface area contributed by atoms with E-state index in [4.69, 9.17) is 5.73 Å². The van der Waals surface area contributed by atoms with Gasteiger partial charge in [0.1, 0.15) is 5.82 Å². The van der Waals surface area contributed by atoms with Crippen molar-refractivity contribution in [3.63, 3.8) is 0 Å². The molecular weight excluding hydrogens is 224 g/mol. The van der Waals surface area contributed by atoms with Crippen LogP contribution in [0.1, 0.15) is 50.0 Å². The molecule has 3 rings (SSSR count). The number of nitrogens with two attached hydrogens (primary N) is 1. The molecule has 4 heteroatoms. The topological polar surface area (TPSA) is 67.6 Å². The first-order valence-electron chi connectivity index (χ1n) is 6.80. The first-order valence-corrected chi connectivity index (χ1v) is 6.80. The fourth-order valence-electron chi connectivity index (χ4n) is 2.82. The number of hydrogen-bond donors (Lipinski definition) is 2. The molecule has 0 aromatic carbocycles. The third kappa shape index (κ3) is 2.01. The van der Waals surface area contributed by atoms with E-state index in [0.29, 0.717) is 0 Å². The molecule has 0 spiro atoms. The lowest BCUT2D eigenvalue weighted by Gasteiger charge is -2.25. The fourth-order valence-corrected chi connectivity index (χ4v) is 2.82. The third-order valence-electron chi connectivity index (χ3n) is 3.95. The molecule has 0 radical (unpaired) electrons. The molecule has 1 aliphatic carbocycles. The Balaban J connectivity index is 2.02. The smallest absolute Gasteiger partial charge is 0.178 e. The van der Waals surface area contributed by atoms with E-state index in [-0.39, 0.29) is 5.54 Å². The van der Waals surface area contributed by atoms with Crippen molar-refractivity contribution in [3.05, 3.63) is 23.7 Å². The Hall–Kier alpha value is -1.42. The summed E-state index contributed by atoms with van der Waals surface area (Å²) in [5.41, 5.74) is 9.05. The van der Waals surface area contributed by atoms with Gasteiger partial charge in [0, 0.05) is 5.69 Å². The Labute approximate surface area is 107 Å². The van der Waals surface area contributed by atoms with Crippen molar-refractivity contribution in [2.75, 3.05) is 0 Å². The maximum Gasteiger partial charge on any atom is 0.178 e. The largest absolute Gasteiger partial charge is 0.339 e. The fraction of sp³-hybridized carbons (Fsp3) is 0.571. The number of fused-ring (bicyclic) bond motifs is 1. The van der Waals surface area contributed by atoms with Crippen LogP contribution in [0.2, 0.25) is 0 Å². The van der Waals surface area contributed by atoms with Gasteiger partial charge in [0.05, 0.1) is 11.1 Å². The van der Waals surface area contributed by atoms with Crippen LogP contribution in [-0.2, 0) is 5.54 Å². The van der Waals surface area contributed by atoms with Crippen LogP contribution >= 0.6 is 0 Å². The minimum atomic E-state index is -0.287. The normalized spacial score (nSPS) is 19.9. The van der Waals surface area contributed by atoms with Crippen LogP contribution in [0.25, 0.3) is 11.2 Å². The van der Waals surface area contributed by atoms with Gasteiger partial charge < -0.3 is 10.7 Å². The Kier molecular flexibility index (Phi) is 2.82. The van der Waals surface area contributed by atoms with Crippen molar-refractivity contribution in [1.82, 2.24) is 15.0 Å². The molecule has 0 bridgehead atoms. The van der Waals surface area contributed by atoms with Crippen molar-refractivity contribution in [2.45, 2.75) is 51.0 Å². The second-order valence-corrected chi connectivity index (χ2v) is 5.48. The maximum absolute atomic E-state index is 6.56. The summed E-state index contributed by atoms with van der Waals surface area (Å²) in [7, 11) is 0. The molecule has 2 aromatic heterocycles. The molecular formula is C14H20N4. The average molecular weight is 244 g/mol. The van der Waals surface area contributed by atoms with E-state index in [2.05, 4.69) is 15.0 Å². The average Bonchev–Trinajstić information content (AvgIpc) is 2.65. The Bertz CT molecular complexity index is 550. The van der Waals surface area contributed by atoms with E-state index in [1.807, 2.05) is 19.1 Å². The molecule has 96 valence electrons. The van der Waals surface area contributed by atoms with Gasteiger partial charge in [-0.2, -0.15) is 0 Å². The summed E-state index contributed by atoms with van der Waals surface area (Å²) < 4.78 is 0. The van der Waals surface area contributed by atoms with Crippen LogP contribution < -0.4 is 5.73 Å². The van der Waals surface area contributed by atoms with Gasteiger partial charge in [-0.05, 0) is 31.9 Å². The van der Waals surface area contributed by atoms with Crippen molar-refractivity contribution in [3.8, 4) is 0 Å². The lowest BCUT2D eigenvalue weighted by molar-refractivity contribution is 0.366. The highest BCUT2D eigenvalue weighted by atomic mass is 15.0. The minimum absolute atomic E-state index is 0.287. The molecule has 0 atom stereocenters. The second-order valence-electron chi connectivity index (χ2n) is 5.48. The molecule has 0 aliphatic heterocycles. The van der Waals surface area contributed by atoms with Gasteiger partial charge >= 0.3 is 0 Å². The predicted molar refractivity (Wildman–Crippen MR) is 72.2 cm³/mol. The molecule has 3 N–H and O–H groups in total. The van der Waals surface area contributed by atoms with Crippen molar-refractivity contribution >= 4 is 11.2 Å². The molecule has 0 saturated heterocycles. The summed E-state index contributed by atoms with van der Waals surface area (Å²) >= 11 is 0. The molecule has 1 fully saturated rings. The summed E-state index contributed by atoms with van der Waals surface area (Å²) in [6.45, 7) is 1.98. The van der Waals surface area contributed by atoms with Gasteiger partial charge in [0.25, 0.3) is 0 Å². The monoisotopic (exact) mass is 244 g/mol. The SMILES string of the molecule is Cc1ccc2[nH]c(C3(N)CCCCCC3)nc2n1. The molecule has 0 amide bonds. The minimum Gasteiger partial charge on any atom is -0.339 e. The molecule has 1 aliphatic rings. The maximum atomic E-state index is 6.56. The number of aryl methyl sites for hydroxylation is 1. The Morgan fingerprint density at radius 1 is 1.11 bits per heavy atom. The van der Waals surface area contributed by atoms with Crippen molar-refractivity contribution < 1.29 is 0 Å². The molecule has 1 saturated carbocycles. The zero-order chi connectivity index (χ0) is 12.6. The summed E-state index contributed by atoms with van der Waals surface area (Å²) in [4.78, 5) is 12.4. The van der Waals surface area contributed by atoms with E-state index < -0.39 is 0 Å². The van der Waals surface area contributed by atoms with Gasteiger partial charge in [-0.15, -0.1) is 0 Å². The number of H-pyrrole nitrogens is 1. The molecule has 2 heterocycles. The summed E-state index contributed by atoms with van der Waals surface area (Å²) in [5, 5.41) is 0. The van der Waals surface area contributed by atoms with E-state index in [9.17, 15) is 0 Å². The lowest BCUT2D eigenvalue weighted by Crippen LogP contribution is -2.37. The van der Waals surface area contributed by atoms with Crippen molar-refractivity contribution in [2.24, 2.45) is 5.73 Å². The molecule has 2 aromatic rings. The van der Waals surface area contributed by atoms with Gasteiger partial charge in [-0.25, -0.2) is 9.97 Å². The van der Waals surface area contributed by atoms with Gasteiger partial charge in [-0.1, -0.05) is 25.7 Å².